The summed E-state index contributed by atoms with van der Waals surface area (Å²) in [5, 5.41) is 13.2. The molecule has 1 amide bonds. The number of benzene rings is 1. The fourth-order valence-corrected chi connectivity index (χ4v) is 5.04. The van der Waals surface area contributed by atoms with Crippen molar-refractivity contribution in [1.29, 1.82) is 0 Å². The third-order valence-electron chi connectivity index (χ3n) is 6.86. The van der Waals surface area contributed by atoms with E-state index < -0.39 is 11.6 Å². The molecule has 2 N–H and O–H groups in total. The second kappa shape index (κ2) is 11.8. The van der Waals surface area contributed by atoms with E-state index in [0.29, 0.717) is 13.3 Å². The van der Waals surface area contributed by atoms with Gasteiger partial charge in [0.15, 0.2) is 0 Å². The van der Waals surface area contributed by atoms with Crippen LogP contribution in [-0.4, -0.2) is 73.3 Å². The number of carbonyl (C=O) groups is 1. The summed E-state index contributed by atoms with van der Waals surface area (Å²) < 4.78 is 9.10. The summed E-state index contributed by atoms with van der Waals surface area (Å²) >= 11 is 3.43. The molecular weight excluding hydrogens is 536 g/mol. The quantitative estimate of drug-likeness (QED) is 0.323. The van der Waals surface area contributed by atoms with Crippen molar-refractivity contribution in [3.05, 3.63) is 52.8 Å². The lowest BCUT2D eigenvalue weighted by molar-refractivity contribution is 0.0171. The summed E-state index contributed by atoms with van der Waals surface area (Å²) in [4.78, 5) is 24.9. The number of nitrogens with one attached hydrogen (secondary N) is 1. The monoisotopic (exact) mass is 572 g/mol. The van der Waals surface area contributed by atoms with Gasteiger partial charge in [0.2, 0.25) is 5.95 Å². The van der Waals surface area contributed by atoms with Crippen LogP contribution in [-0.2, 0) is 11.5 Å². The van der Waals surface area contributed by atoms with Gasteiger partial charge in [0.05, 0.1) is 22.8 Å². The number of anilines is 1. The van der Waals surface area contributed by atoms with E-state index in [0.717, 1.165) is 59.8 Å². The summed E-state index contributed by atoms with van der Waals surface area (Å²) in [5.41, 5.74) is 2.41. The number of nitrogens with zero attached hydrogens (tertiary/aromatic N) is 5. The molecule has 1 fully saturated rings. The number of pyridine rings is 1. The molecule has 1 atom stereocenters. The fourth-order valence-electron chi connectivity index (χ4n) is 4.68. The van der Waals surface area contributed by atoms with E-state index in [1.807, 2.05) is 64.1 Å². The van der Waals surface area contributed by atoms with Gasteiger partial charge in [0.25, 0.3) is 0 Å². The summed E-state index contributed by atoms with van der Waals surface area (Å²) in [7, 11) is 0. The number of piperidine rings is 1. The van der Waals surface area contributed by atoms with Crippen LogP contribution in [0.4, 0.5) is 10.7 Å². The van der Waals surface area contributed by atoms with Gasteiger partial charge in [-0.1, -0.05) is 18.2 Å². The zero-order valence-corrected chi connectivity index (χ0v) is 23.6. The van der Waals surface area contributed by atoms with E-state index in [2.05, 4.69) is 41.8 Å². The van der Waals surface area contributed by atoms with E-state index >= 15 is 0 Å². The average Bonchev–Trinajstić information content (AvgIpc) is 3.19. The Bertz CT molecular complexity index is 1200. The molecule has 0 aliphatic carbocycles. The normalized spacial score (nSPS) is 16.1. The van der Waals surface area contributed by atoms with Crippen molar-refractivity contribution in [2.75, 3.05) is 31.5 Å². The van der Waals surface area contributed by atoms with Gasteiger partial charge < -0.3 is 25.0 Å². The van der Waals surface area contributed by atoms with E-state index in [1.165, 1.54) is 4.90 Å². The Balaban J connectivity index is 1.37. The number of hydrogen-bond donors (Lipinski definition) is 2. The topological polar surface area (TPSA) is 95.8 Å². The number of halogens is 1. The molecule has 4 rings (SSSR count). The minimum atomic E-state index is -0.866. The van der Waals surface area contributed by atoms with Crippen LogP contribution in [0.15, 0.2) is 47.1 Å². The summed E-state index contributed by atoms with van der Waals surface area (Å²) in [6.07, 6.45) is 0.888. The predicted molar refractivity (Wildman–Crippen MR) is 149 cm³/mol. The fraction of sp³-hybridized carbons (Fsp3) is 0.519. The number of carboxylic acid groups (broad SMARTS) is 1. The van der Waals surface area contributed by atoms with Crippen LogP contribution < -0.4 is 5.32 Å². The highest BCUT2D eigenvalue weighted by molar-refractivity contribution is 9.10. The number of amides is 1. The second-order valence-corrected chi connectivity index (χ2v) is 11.4. The number of aromatic nitrogens is 3. The zero-order chi connectivity index (χ0) is 26.6. The molecule has 2 aromatic heterocycles. The van der Waals surface area contributed by atoms with Crippen molar-refractivity contribution in [2.24, 2.45) is 0 Å². The minimum absolute atomic E-state index is 0.173. The molecule has 1 aliphatic rings. The van der Waals surface area contributed by atoms with Crippen molar-refractivity contribution >= 4 is 39.0 Å². The third-order valence-corrected chi connectivity index (χ3v) is 7.30. The maximum Gasteiger partial charge on any atom is 0.407 e. The van der Waals surface area contributed by atoms with Gasteiger partial charge >= 0.3 is 6.09 Å². The van der Waals surface area contributed by atoms with Gasteiger partial charge in [-0.15, -0.1) is 0 Å². The lowest BCUT2D eigenvalue weighted by Gasteiger charge is -2.37. The Labute approximate surface area is 227 Å². The van der Waals surface area contributed by atoms with Crippen LogP contribution in [0.3, 0.4) is 0 Å². The van der Waals surface area contributed by atoms with E-state index in [4.69, 9.17) is 9.72 Å². The maximum absolute atomic E-state index is 11.6. The van der Waals surface area contributed by atoms with Crippen LogP contribution in [0.5, 0.6) is 0 Å². The van der Waals surface area contributed by atoms with Crippen LogP contribution in [0, 0.1) is 0 Å². The molecule has 9 nitrogen and oxygen atoms in total. The van der Waals surface area contributed by atoms with Crippen molar-refractivity contribution in [3.63, 3.8) is 0 Å². The van der Waals surface area contributed by atoms with E-state index in [1.54, 1.807) is 0 Å². The highest BCUT2D eigenvalue weighted by Crippen LogP contribution is 2.25. The molecule has 200 valence electrons. The smallest absolute Gasteiger partial charge is 0.407 e. The molecular formula is C27H37BrN6O3. The first-order valence-electron chi connectivity index (χ1n) is 12.8. The Hall–Kier alpha value is -2.69. The third kappa shape index (κ3) is 7.00. The first-order valence-corrected chi connectivity index (χ1v) is 13.6. The predicted octanol–water partition coefficient (Wildman–Crippen LogP) is 5.58. The number of para-hydroxylation sites is 2. The van der Waals surface area contributed by atoms with Crippen LogP contribution in [0.25, 0.3) is 11.0 Å². The molecule has 0 bridgehead atoms. The first-order chi connectivity index (χ1) is 17.6. The maximum atomic E-state index is 11.6. The molecule has 10 heteroatoms. The summed E-state index contributed by atoms with van der Waals surface area (Å²) in [6, 6.07) is 14.2. The number of fused-ring (bicyclic) bond motifs is 1. The van der Waals surface area contributed by atoms with E-state index in [-0.39, 0.29) is 12.1 Å². The standard InChI is InChI=1S/C27H37BrN6O3/c1-19(21-9-7-11-24(28)30-21)37-18-33-23-10-6-5-8-22(23)31-25(33)29-20-12-14-32(15-13-20)16-17-34(26(35)36)27(2,3)4/h5-11,19-20H,12-18H2,1-4H3,(H,29,31)(H,35,36). The van der Waals surface area contributed by atoms with Crippen molar-refractivity contribution in [3.8, 4) is 0 Å². The molecule has 3 aromatic rings. The summed E-state index contributed by atoms with van der Waals surface area (Å²) in [6.45, 7) is 11.2. The van der Waals surface area contributed by atoms with E-state index in [9.17, 15) is 9.90 Å². The number of imidazole rings is 1. The molecule has 1 aromatic carbocycles. The molecule has 0 radical (unpaired) electrons. The highest BCUT2D eigenvalue weighted by atomic mass is 79.9. The Morgan fingerprint density at radius 1 is 1.19 bits per heavy atom. The van der Waals surface area contributed by atoms with Gasteiger partial charge in [-0.3, -0.25) is 4.57 Å². The van der Waals surface area contributed by atoms with Crippen molar-refractivity contribution in [2.45, 2.75) is 65.0 Å². The van der Waals surface area contributed by atoms with Crippen LogP contribution in [0.2, 0.25) is 0 Å². The Kier molecular flexibility index (Phi) is 8.71. The number of likely N-dealkylation sites (tertiary alicyclic amines) is 1. The summed E-state index contributed by atoms with van der Waals surface area (Å²) in [5.74, 6) is 0.804. The second-order valence-electron chi connectivity index (χ2n) is 10.5. The molecule has 1 unspecified atom stereocenters. The minimum Gasteiger partial charge on any atom is -0.465 e. The molecule has 37 heavy (non-hydrogen) atoms. The lowest BCUT2D eigenvalue weighted by atomic mass is 10.0. The molecule has 0 saturated carbocycles. The first kappa shape index (κ1) is 27.3. The zero-order valence-electron chi connectivity index (χ0n) is 22.0. The van der Waals surface area contributed by atoms with Gasteiger partial charge in [0, 0.05) is 37.8 Å². The molecule has 1 aliphatic heterocycles. The molecule has 0 spiro atoms. The average molecular weight is 574 g/mol. The highest BCUT2D eigenvalue weighted by Gasteiger charge is 2.27. The largest absolute Gasteiger partial charge is 0.465 e. The van der Waals surface area contributed by atoms with Crippen molar-refractivity contribution in [1.82, 2.24) is 24.3 Å². The van der Waals surface area contributed by atoms with Crippen LogP contribution >= 0.6 is 15.9 Å². The molecule has 3 heterocycles. The number of rotatable bonds is 9. The van der Waals surface area contributed by atoms with Gasteiger partial charge in [0.1, 0.15) is 11.3 Å². The number of ether oxygens (including phenoxy) is 1. The Morgan fingerprint density at radius 3 is 2.59 bits per heavy atom. The van der Waals surface area contributed by atoms with Crippen molar-refractivity contribution < 1.29 is 14.6 Å². The Morgan fingerprint density at radius 2 is 1.92 bits per heavy atom. The lowest BCUT2D eigenvalue weighted by Crippen LogP contribution is -2.49. The van der Waals surface area contributed by atoms with Gasteiger partial charge in [-0.05, 0) is 80.7 Å². The van der Waals surface area contributed by atoms with Gasteiger partial charge in [-0.2, -0.15) is 0 Å². The SMILES string of the molecule is CC(OCn1c(NC2CCN(CCN(C(=O)O)C(C)(C)C)CC2)nc2ccccc21)c1cccc(Br)n1. The van der Waals surface area contributed by atoms with Gasteiger partial charge in [-0.25, -0.2) is 14.8 Å². The molecule has 1 saturated heterocycles. The van der Waals surface area contributed by atoms with Crippen LogP contribution in [0.1, 0.15) is 52.3 Å². The number of hydrogen-bond acceptors (Lipinski definition) is 6.